The summed E-state index contributed by atoms with van der Waals surface area (Å²) in [5.74, 6) is 2.73. The van der Waals surface area contributed by atoms with Crippen LogP contribution >= 0.6 is 24.0 Å². The lowest BCUT2D eigenvalue weighted by molar-refractivity contribution is 0.270. The van der Waals surface area contributed by atoms with Gasteiger partial charge in [0.2, 0.25) is 0 Å². The number of anilines is 1. The molecule has 1 aromatic heterocycles. The van der Waals surface area contributed by atoms with Crippen LogP contribution in [0.25, 0.3) is 0 Å². The van der Waals surface area contributed by atoms with Crippen molar-refractivity contribution in [2.45, 2.75) is 32.9 Å². The number of hydrogen-bond donors (Lipinski definition) is 2. The number of aliphatic imine (C=N–C) groups is 1. The smallest absolute Gasteiger partial charge is 0.191 e. The lowest BCUT2D eigenvalue weighted by Crippen LogP contribution is -2.46. The molecule has 0 radical (unpaired) electrons. The van der Waals surface area contributed by atoms with E-state index < -0.39 is 0 Å². The van der Waals surface area contributed by atoms with Gasteiger partial charge in [-0.1, -0.05) is 19.9 Å². The van der Waals surface area contributed by atoms with E-state index in [1.165, 1.54) is 12.0 Å². The lowest BCUT2D eigenvalue weighted by Gasteiger charge is -2.34. The summed E-state index contributed by atoms with van der Waals surface area (Å²) in [7, 11) is 1.82. The SMILES string of the molecule is CCN1CCN(c2ccc(CNC(=NC)NC3CC3C)cn2)CC1.I. The standard InChI is InChI=1S/C18H30N6.HI/c1-4-23-7-9-24(10-8-23)17-6-5-15(12-20-17)13-21-18(19-3)22-16-11-14(16)2;/h5-6,12,14,16H,4,7-11,13H2,1-3H3,(H2,19,21,22);1H. The molecule has 1 saturated heterocycles. The van der Waals surface area contributed by atoms with E-state index in [0.29, 0.717) is 6.04 Å². The summed E-state index contributed by atoms with van der Waals surface area (Å²) in [5.41, 5.74) is 1.18. The Kier molecular flexibility index (Phi) is 7.74. The largest absolute Gasteiger partial charge is 0.354 e. The fourth-order valence-electron chi connectivity index (χ4n) is 3.08. The highest BCUT2D eigenvalue weighted by Gasteiger charge is 2.33. The minimum Gasteiger partial charge on any atom is -0.354 e. The molecular weight excluding hydrogens is 427 g/mol. The van der Waals surface area contributed by atoms with Gasteiger partial charge in [0.15, 0.2) is 5.96 Å². The number of rotatable bonds is 5. The van der Waals surface area contributed by atoms with E-state index in [9.17, 15) is 0 Å². The van der Waals surface area contributed by atoms with Gasteiger partial charge in [-0.05, 0) is 30.5 Å². The van der Waals surface area contributed by atoms with Crippen molar-refractivity contribution in [3.8, 4) is 0 Å². The fourth-order valence-corrected chi connectivity index (χ4v) is 3.08. The van der Waals surface area contributed by atoms with Crippen LogP contribution in [0.1, 0.15) is 25.8 Å². The Labute approximate surface area is 168 Å². The average Bonchev–Trinajstić information content (AvgIpc) is 3.34. The van der Waals surface area contributed by atoms with Crippen LogP contribution in [0.4, 0.5) is 5.82 Å². The van der Waals surface area contributed by atoms with Gasteiger partial charge in [-0.25, -0.2) is 4.98 Å². The molecule has 1 aromatic rings. The van der Waals surface area contributed by atoms with E-state index >= 15 is 0 Å². The number of hydrogen-bond acceptors (Lipinski definition) is 4. The van der Waals surface area contributed by atoms with E-state index in [0.717, 1.165) is 57.0 Å². The third-order valence-electron chi connectivity index (χ3n) is 5.07. The Hall–Kier alpha value is -1.09. The topological polar surface area (TPSA) is 55.8 Å². The van der Waals surface area contributed by atoms with Crippen LogP contribution in [0.2, 0.25) is 0 Å². The normalized spacial score (nSPS) is 23.8. The van der Waals surface area contributed by atoms with Crippen molar-refractivity contribution in [3.63, 3.8) is 0 Å². The molecule has 2 unspecified atom stereocenters. The molecule has 140 valence electrons. The number of nitrogens with zero attached hydrogens (tertiary/aromatic N) is 4. The van der Waals surface area contributed by atoms with E-state index in [4.69, 9.17) is 0 Å². The zero-order valence-electron chi connectivity index (χ0n) is 15.5. The molecule has 6 nitrogen and oxygen atoms in total. The first-order valence-corrected chi connectivity index (χ1v) is 9.09. The summed E-state index contributed by atoms with van der Waals surface area (Å²) in [6.07, 6.45) is 3.21. The van der Waals surface area contributed by atoms with Gasteiger partial charge >= 0.3 is 0 Å². The number of piperazine rings is 1. The molecule has 0 amide bonds. The first-order chi connectivity index (χ1) is 11.7. The Morgan fingerprint density at radius 2 is 2.00 bits per heavy atom. The molecule has 0 aromatic carbocycles. The van der Waals surface area contributed by atoms with Gasteiger partial charge in [-0.15, -0.1) is 24.0 Å². The molecule has 0 spiro atoms. The van der Waals surface area contributed by atoms with E-state index in [-0.39, 0.29) is 24.0 Å². The number of pyridine rings is 1. The van der Waals surface area contributed by atoms with Crippen LogP contribution in [0.3, 0.4) is 0 Å². The van der Waals surface area contributed by atoms with Crippen molar-refractivity contribution in [1.82, 2.24) is 20.5 Å². The highest BCUT2D eigenvalue weighted by molar-refractivity contribution is 14.0. The van der Waals surface area contributed by atoms with Gasteiger partial charge in [0, 0.05) is 52.0 Å². The maximum atomic E-state index is 4.65. The summed E-state index contributed by atoms with van der Waals surface area (Å²) >= 11 is 0. The summed E-state index contributed by atoms with van der Waals surface area (Å²) in [6, 6.07) is 4.88. The van der Waals surface area contributed by atoms with Crippen molar-refractivity contribution < 1.29 is 0 Å². The Morgan fingerprint density at radius 1 is 1.28 bits per heavy atom. The van der Waals surface area contributed by atoms with Crippen LogP contribution in [-0.4, -0.2) is 61.7 Å². The van der Waals surface area contributed by atoms with Crippen LogP contribution in [0.15, 0.2) is 23.3 Å². The number of likely N-dealkylation sites (N-methyl/N-ethyl adjacent to an activating group) is 1. The monoisotopic (exact) mass is 458 g/mol. The Balaban J connectivity index is 0.00000225. The molecule has 1 saturated carbocycles. The van der Waals surface area contributed by atoms with E-state index in [2.05, 4.69) is 56.4 Å². The molecule has 2 N–H and O–H groups in total. The molecule has 0 bridgehead atoms. The van der Waals surface area contributed by atoms with Crippen LogP contribution in [0, 0.1) is 5.92 Å². The van der Waals surface area contributed by atoms with Crippen LogP contribution in [-0.2, 0) is 6.54 Å². The third kappa shape index (κ3) is 5.70. The summed E-state index contributed by atoms with van der Waals surface area (Å²) in [4.78, 5) is 13.8. The molecule has 1 aliphatic carbocycles. The van der Waals surface area contributed by atoms with Crippen LogP contribution in [0.5, 0.6) is 0 Å². The van der Waals surface area contributed by atoms with Crippen molar-refractivity contribution in [2.24, 2.45) is 10.9 Å². The number of nitrogens with one attached hydrogen (secondary N) is 2. The molecule has 1 aliphatic heterocycles. The predicted molar refractivity (Wildman–Crippen MR) is 115 cm³/mol. The minimum absolute atomic E-state index is 0. The van der Waals surface area contributed by atoms with E-state index in [1.54, 1.807) is 0 Å². The van der Waals surface area contributed by atoms with Gasteiger partial charge in [-0.2, -0.15) is 0 Å². The average molecular weight is 458 g/mol. The second-order valence-corrected chi connectivity index (χ2v) is 6.84. The molecule has 25 heavy (non-hydrogen) atoms. The van der Waals surface area contributed by atoms with Crippen molar-refractivity contribution >= 4 is 35.8 Å². The minimum atomic E-state index is 0. The van der Waals surface area contributed by atoms with Crippen molar-refractivity contribution in [1.29, 1.82) is 0 Å². The van der Waals surface area contributed by atoms with Crippen molar-refractivity contribution in [2.75, 3.05) is 44.7 Å². The first kappa shape index (κ1) is 20.2. The second kappa shape index (κ2) is 9.56. The van der Waals surface area contributed by atoms with Gasteiger partial charge in [-0.3, -0.25) is 4.99 Å². The van der Waals surface area contributed by atoms with Gasteiger partial charge in [0.1, 0.15) is 5.82 Å². The maximum Gasteiger partial charge on any atom is 0.191 e. The van der Waals surface area contributed by atoms with Gasteiger partial charge in [0.25, 0.3) is 0 Å². The zero-order valence-corrected chi connectivity index (χ0v) is 17.9. The fraction of sp³-hybridized carbons (Fsp3) is 0.667. The van der Waals surface area contributed by atoms with Gasteiger partial charge < -0.3 is 20.4 Å². The molecular formula is C18H31IN6. The lowest BCUT2D eigenvalue weighted by atomic mass is 10.2. The van der Waals surface area contributed by atoms with Gasteiger partial charge in [0.05, 0.1) is 0 Å². The summed E-state index contributed by atoms with van der Waals surface area (Å²) < 4.78 is 0. The predicted octanol–water partition coefficient (Wildman–Crippen LogP) is 1.91. The Morgan fingerprint density at radius 3 is 2.52 bits per heavy atom. The summed E-state index contributed by atoms with van der Waals surface area (Å²) in [6.45, 7) is 10.8. The quantitative estimate of drug-likeness (QED) is 0.401. The Bertz CT molecular complexity index is 553. The molecule has 2 heterocycles. The highest BCUT2D eigenvalue weighted by atomic mass is 127. The highest BCUT2D eigenvalue weighted by Crippen LogP contribution is 2.28. The zero-order chi connectivity index (χ0) is 16.9. The van der Waals surface area contributed by atoms with E-state index in [1.807, 2.05) is 13.2 Å². The molecule has 2 atom stereocenters. The third-order valence-corrected chi connectivity index (χ3v) is 5.07. The number of halogens is 1. The number of aromatic nitrogens is 1. The van der Waals surface area contributed by atoms with Crippen LogP contribution < -0.4 is 15.5 Å². The first-order valence-electron chi connectivity index (χ1n) is 9.09. The van der Waals surface area contributed by atoms with Crippen molar-refractivity contribution in [3.05, 3.63) is 23.9 Å². The maximum absolute atomic E-state index is 4.65. The second-order valence-electron chi connectivity index (χ2n) is 6.84. The number of guanidine groups is 1. The summed E-state index contributed by atoms with van der Waals surface area (Å²) in [5, 5.41) is 6.81. The molecule has 3 rings (SSSR count). The molecule has 2 aliphatic rings. The molecule has 7 heteroatoms. The molecule has 2 fully saturated rings.